The van der Waals surface area contributed by atoms with Gasteiger partial charge in [0.1, 0.15) is 5.75 Å². The molecule has 0 amide bonds. The van der Waals surface area contributed by atoms with Gasteiger partial charge in [-0.15, -0.1) is 11.3 Å². The molecule has 0 saturated carbocycles. The minimum Gasteiger partial charge on any atom is -0.497 e. The maximum absolute atomic E-state index is 11.9. The van der Waals surface area contributed by atoms with Crippen LogP contribution in [0.15, 0.2) is 46.3 Å². The Morgan fingerprint density at radius 1 is 1.28 bits per heavy atom. The van der Waals surface area contributed by atoms with Gasteiger partial charge < -0.3 is 4.74 Å². The molecule has 1 heterocycles. The van der Waals surface area contributed by atoms with E-state index in [1.54, 1.807) is 19.3 Å². The highest BCUT2D eigenvalue weighted by Gasteiger charge is 2.07. The maximum atomic E-state index is 11.9. The van der Waals surface area contributed by atoms with E-state index in [1.165, 1.54) is 11.3 Å². The van der Waals surface area contributed by atoms with E-state index in [1.807, 2.05) is 35.7 Å². The summed E-state index contributed by atoms with van der Waals surface area (Å²) in [5.74, 6) is 0.812. The number of halogens is 1. The van der Waals surface area contributed by atoms with Crippen molar-refractivity contribution in [3.8, 4) is 5.75 Å². The number of carbonyl (C=O) groups is 1. The largest absolute Gasteiger partial charge is 0.497 e. The van der Waals surface area contributed by atoms with Crippen LogP contribution < -0.4 is 4.74 Å². The van der Waals surface area contributed by atoms with Crippen molar-refractivity contribution in [2.24, 2.45) is 0 Å². The van der Waals surface area contributed by atoms with Crippen LogP contribution in [0.5, 0.6) is 5.75 Å². The molecule has 2 aromatic rings. The van der Waals surface area contributed by atoms with Gasteiger partial charge in [0.15, 0.2) is 5.78 Å². The topological polar surface area (TPSA) is 26.3 Å². The molecule has 4 heteroatoms. The Bertz CT molecular complexity index is 570. The molecule has 92 valence electrons. The maximum Gasteiger partial charge on any atom is 0.196 e. The number of benzene rings is 1. The fourth-order valence-electron chi connectivity index (χ4n) is 1.43. The first-order chi connectivity index (χ1) is 8.70. The highest BCUT2D eigenvalue weighted by molar-refractivity contribution is 9.10. The van der Waals surface area contributed by atoms with Crippen molar-refractivity contribution < 1.29 is 9.53 Å². The monoisotopic (exact) mass is 322 g/mol. The van der Waals surface area contributed by atoms with E-state index in [0.29, 0.717) is 0 Å². The van der Waals surface area contributed by atoms with Gasteiger partial charge in [-0.2, -0.15) is 0 Å². The molecule has 0 saturated heterocycles. The van der Waals surface area contributed by atoms with Crippen LogP contribution in [0.2, 0.25) is 0 Å². The van der Waals surface area contributed by atoms with Gasteiger partial charge in [0.2, 0.25) is 0 Å². The van der Waals surface area contributed by atoms with Crippen molar-refractivity contribution in [2.45, 2.75) is 0 Å². The van der Waals surface area contributed by atoms with Crippen molar-refractivity contribution in [3.05, 3.63) is 56.7 Å². The molecular formula is C14H11BrO2S. The van der Waals surface area contributed by atoms with E-state index < -0.39 is 0 Å². The van der Waals surface area contributed by atoms with Crippen molar-refractivity contribution in [3.63, 3.8) is 0 Å². The fourth-order valence-corrected chi connectivity index (χ4v) is 2.92. The molecule has 0 aliphatic rings. The molecule has 2 rings (SSSR count). The minimum absolute atomic E-state index is 0.00712. The molecular weight excluding hydrogens is 312 g/mol. The number of thiophene rings is 1. The van der Waals surface area contributed by atoms with E-state index in [9.17, 15) is 4.79 Å². The van der Waals surface area contributed by atoms with Gasteiger partial charge in [-0.05, 0) is 51.1 Å². The standard InChI is InChI=1S/C14H11BrO2S/c1-17-11-5-2-10(3-6-11)4-7-13(16)14-12(15)8-9-18-14/h2-9H,1H3. The van der Waals surface area contributed by atoms with Gasteiger partial charge in [0.05, 0.1) is 12.0 Å². The lowest BCUT2D eigenvalue weighted by Gasteiger charge is -1.98. The van der Waals surface area contributed by atoms with Crippen LogP contribution in [0, 0.1) is 0 Å². The van der Waals surface area contributed by atoms with Crippen LogP contribution in [-0.2, 0) is 0 Å². The number of rotatable bonds is 4. The Hall–Kier alpha value is -1.39. The summed E-state index contributed by atoms with van der Waals surface area (Å²) in [4.78, 5) is 12.6. The van der Waals surface area contributed by atoms with Gasteiger partial charge in [-0.1, -0.05) is 18.2 Å². The third-order valence-electron chi connectivity index (χ3n) is 2.38. The first kappa shape index (κ1) is 13.1. The summed E-state index contributed by atoms with van der Waals surface area (Å²) >= 11 is 4.78. The van der Waals surface area contributed by atoms with E-state index in [0.717, 1.165) is 20.7 Å². The third-order valence-corrected chi connectivity index (χ3v) is 4.24. The van der Waals surface area contributed by atoms with Crippen LogP contribution in [0.1, 0.15) is 15.2 Å². The molecule has 1 aromatic heterocycles. The quantitative estimate of drug-likeness (QED) is 0.615. The Labute approximate surface area is 118 Å². The molecule has 0 spiro atoms. The van der Waals surface area contributed by atoms with E-state index in [2.05, 4.69) is 15.9 Å². The van der Waals surface area contributed by atoms with E-state index in [-0.39, 0.29) is 5.78 Å². The summed E-state index contributed by atoms with van der Waals surface area (Å²) in [6.45, 7) is 0. The number of carbonyl (C=O) groups excluding carboxylic acids is 1. The van der Waals surface area contributed by atoms with Gasteiger partial charge in [-0.25, -0.2) is 0 Å². The summed E-state index contributed by atoms with van der Waals surface area (Å²) in [7, 11) is 1.63. The van der Waals surface area contributed by atoms with Crippen molar-refractivity contribution in [1.29, 1.82) is 0 Å². The number of ketones is 1. The number of ether oxygens (including phenoxy) is 1. The number of allylic oxidation sites excluding steroid dienone is 1. The number of hydrogen-bond donors (Lipinski definition) is 0. The zero-order valence-electron chi connectivity index (χ0n) is 9.72. The molecule has 0 unspecified atom stereocenters. The molecule has 0 radical (unpaired) electrons. The van der Waals surface area contributed by atoms with Crippen LogP contribution in [0.25, 0.3) is 6.08 Å². The lowest BCUT2D eigenvalue weighted by molar-refractivity contribution is 0.105. The number of hydrogen-bond acceptors (Lipinski definition) is 3. The van der Waals surface area contributed by atoms with Crippen LogP contribution in [0.4, 0.5) is 0 Å². The molecule has 0 atom stereocenters. The Balaban J connectivity index is 2.11. The van der Waals surface area contributed by atoms with Gasteiger partial charge >= 0.3 is 0 Å². The Kier molecular flexibility index (Phi) is 4.33. The smallest absolute Gasteiger partial charge is 0.196 e. The minimum atomic E-state index is 0.00712. The molecule has 0 aliphatic carbocycles. The second kappa shape index (κ2) is 5.98. The van der Waals surface area contributed by atoms with E-state index >= 15 is 0 Å². The van der Waals surface area contributed by atoms with E-state index in [4.69, 9.17) is 4.74 Å². The summed E-state index contributed by atoms with van der Waals surface area (Å²) < 4.78 is 5.92. The number of methoxy groups -OCH3 is 1. The lowest BCUT2D eigenvalue weighted by Crippen LogP contribution is -1.90. The summed E-state index contributed by atoms with van der Waals surface area (Å²) in [6, 6.07) is 9.42. The van der Waals surface area contributed by atoms with Crippen molar-refractivity contribution >= 4 is 39.1 Å². The molecule has 0 N–H and O–H groups in total. The summed E-state index contributed by atoms with van der Waals surface area (Å²) in [6.07, 6.45) is 3.38. The molecule has 2 nitrogen and oxygen atoms in total. The average Bonchev–Trinajstić information content (AvgIpc) is 2.83. The highest BCUT2D eigenvalue weighted by Crippen LogP contribution is 2.23. The highest BCUT2D eigenvalue weighted by atomic mass is 79.9. The summed E-state index contributed by atoms with van der Waals surface area (Å²) in [5.41, 5.74) is 0.969. The van der Waals surface area contributed by atoms with Crippen LogP contribution in [0.3, 0.4) is 0 Å². The van der Waals surface area contributed by atoms with Gasteiger partial charge in [0, 0.05) is 4.47 Å². The fraction of sp³-hybridized carbons (Fsp3) is 0.0714. The first-order valence-corrected chi connectivity index (χ1v) is 6.97. The van der Waals surface area contributed by atoms with Crippen molar-refractivity contribution in [2.75, 3.05) is 7.11 Å². The second-order valence-electron chi connectivity index (χ2n) is 3.57. The normalized spacial score (nSPS) is 10.8. The SMILES string of the molecule is COc1ccc(C=CC(=O)c2sccc2Br)cc1. The molecule has 0 bridgehead atoms. The first-order valence-electron chi connectivity index (χ1n) is 5.30. The van der Waals surface area contributed by atoms with Gasteiger partial charge in [0.25, 0.3) is 0 Å². The predicted octanol–water partition coefficient (Wildman–Crippen LogP) is 4.42. The Morgan fingerprint density at radius 2 is 2.00 bits per heavy atom. The summed E-state index contributed by atoms with van der Waals surface area (Å²) in [5, 5.41) is 1.89. The molecule has 0 fully saturated rings. The molecule has 1 aromatic carbocycles. The third kappa shape index (κ3) is 3.09. The van der Waals surface area contributed by atoms with Crippen molar-refractivity contribution in [1.82, 2.24) is 0 Å². The predicted molar refractivity (Wildman–Crippen MR) is 78.4 cm³/mol. The molecule has 0 aliphatic heterocycles. The molecule has 18 heavy (non-hydrogen) atoms. The lowest BCUT2D eigenvalue weighted by atomic mass is 10.2. The zero-order chi connectivity index (χ0) is 13.0. The van der Waals surface area contributed by atoms with Crippen LogP contribution >= 0.6 is 27.3 Å². The zero-order valence-corrected chi connectivity index (χ0v) is 12.1. The Morgan fingerprint density at radius 3 is 2.56 bits per heavy atom. The second-order valence-corrected chi connectivity index (χ2v) is 5.34. The van der Waals surface area contributed by atoms with Crippen LogP contribution in [-0.4, -0.2) is 12.9 Å². The van der Waals surface area contributed by atoms with Gasteiger partial charge in [-0.3, -0.25) is 4.79 Å². The average molecular weight is 323 g/mol.